The van der Waals surface area contributed by atoms with Crippen LogP contribution in [-0.4, -0.2) is 12.2 Å². The van der Waals surface area contributed by atoms with Crippen molar-refractivity contribution in [3.63, 3.8) is 0 Å². The van der Waals surface area contributed by atoms with Crippen molar-refractivity contribution in [3.8, 4) is 0 Å². The van der Waals surface area contributed by atoms with Crippen molar-refractivity contribution in [2.75, 3.05) is 6.61 Å². The molecule has 1 aromatic rings. The van der Waals surface area contributed by atoms with Gasteiger partial charge >= 0.3 is 0 Å². The zero-order valence-electron chi connectivity index (χ0n) is 7.72. The summed E-state index contributed by atoms with van der Waals surface area (Å²) < 4.78 is 6.74. The largest absolute Gasteiger partial charge is 0.375 e. The third-order valence-electron chi connectivity index (χ3n) is 2.60. The molecule has 1 aliphatic rings. The molecule has 1 heterocycles. The van der Waals surface area contributed by atoms with E-state index in [0.29, 0.717) is 0 Å². The first-order valence-corrected chi connectivity index (χ1v) is 5.36. The molecule has 0 bridgehead atoms. The molecule has 0 aliphatic carbocycles. The third-order valence-corrected chi connectivity index (χ3v) is 3.38. The normalized spacial score (nSPS) is 26.9. The minimum absolute atomic E-state index is 0.0872. The first-order chi connectivity index (χ1) is 6.20. The molecule has 0 aromatic heterocycles. The Labute approximate surface area is 87.2 Å². The summed E-state index contributed by atoms with van der Waals surface area (Å²) in [5.74, 6) is 0. The Morgan fingerprint density at radius 3 is 2.69 bits per heavy atom. The minimum Gasteiger partial charge on any atom is -0.375 e. The molecule has 0 spiro atoms. The molecular weight excluding hydrogens is 228 g/mol. The van der Waals surface area contributed by atoms with E-state index in [1.54, 1.807) is 0 Å². The summed E-state index contributed by atoms with van der Waals surface area (Å²) in [6.07, 6.45) is 2.18. The van der Waals surface area contributed by atoms with E-state index < -0.39 is 0 Å². The van der Waals surface area contributed by atoms with Gasteiger partial charge in [0, 0.05) is 10.9 Å². The fraction of sp³-hybridized carbons (Fsp3) is 0.455. The quantitative estimate of drug-likeness (QED) is 0.772. The van der Waals surface area contributed by atoms with Crippen LogP contribution >= 0.6 is 15.9 Å². The second-order valence-electron chi connectivity index (χ2n) is 3.82. The predicted octanol–water partition coefficient (Wildman–Crippen LogP) is 3.17. The summed E-state index contributed by atoms with van der Waals surface area (Å²) in [4.78, 5) is 0. The van der Waals surface area contributed by atoms with Gasteiger partial charge in [0.25, 0.3) is 0 Å². The lowest BCUT2D eigenvalue weighted by molar-refractivity contribution is -0.132. The van der Waals surface area contributed by atoms with Crippen LogP contribution in [0.3, 0.4) is 0 Å². The molecule has 2 heteroatoms. The molecule has 1 saturated heterocycles. The van der Waals surface area contributed by atoms with Crippen LogP contribution in [0.15, 0.2) is 28.7 Å². The van der Waals surface area contributed by atoms with Crippen molar-refractivity contribution in [1.82, 2.24) is 0 Å². The maximum Gasteiger partial charge on any atom is 0.0717 e. The van der Waals surface area contributed by atoms with Crippen molar-refractivity contribution in [1.29, 1.82) is 0 Å². The maximum absolute atomic E-state index is 5.56. The molecule has 0 N–H and O–H groups in total. The van der Waals surface area contributed by atoms with Gasteiger partial charge in [-0.3, -0.25) is 0 Å². The van der Waals surface area contributed by atoms with Gasteiger partial charge in [0.1, 0.15) is 0 Å². The summed E-state index contributed by atoms with van der Waals surface area (Å²) in [5, 5.41) is 0. The van der Waals surface area contributed by atoms with Crippen molar-refractivity contribution in [3.05, 3.63) is 34.3 Å². The summed E-state index contributed by atoms with van der Waals surface area (Å²) >= 11 is 3.55. The van der Waals surface area contributed by atoms with E-state index in [-0.39, 0.29) is 5.60 Å². The zero-order chi connectivity index (χ0) is 9.31. The fourth-order valence-corrected chi connectivity index (χ4v) is 2.06. The Morgan fingerprint density at radius 2 is 2.15 bits per heavy atom. The van der Waals surface area contributed by atoms with E-state index in [1.807, 2.05) is 6.07 Å². The monoisotopic (exact) mass is 240 g/mol. The van der Waals surface area contributed by atoms with Crippen LogP contribution in [0.2, 0.25) is 0 Å². The number of benzene rings is 1. The highest BCUT2D eigenvalue weighted by molar-refractivity contribution is 9.10. The van der Waals surface area contributed by atoms with Crippen LogP contribution in [0.1, 0.15) is 18.9 Å². The highest BCUT2D eigenvalue weighted by Gasteiger charge is 2.33. The van der Waals surface area contributed by atoms with Gasteiger partial charge in [-0.2, -0.15) is 0 Å². The van der Waals surface area contributed by atoms with Crippen LogP contribution in [-0.2, 0) is 11.2 Å². The van der Waals surface area contributed by atoms with E-state index in [2.05, 4.69) is 41.1 Å². The van der Waals surface area contributed by atoms with Crippen molar-refractivity contribution >= 4 is 15.9 Å². The van der Waals surface area contributed by atoms with Crippen LogP contribution in [0.25, 0.3) is 0 Å². The number of ether oxygens (including phenoxy) is 1. The minimum atomic E-state index is 0.0872. The Morgan fingerprint density at radius 1 is 1.46 bits per heavy atom. The number of halogens is 1. The van der Waals surface area contributed by atoms with E-state index in [1.165, 1.54) is 16.5 Å². The van der Waals surface area contributed by atoms with Gasteiger partial charge in [0.2, 0.25) is 0 Å². The Hall–Kier alpha value is -0.340. The van der Waals surface area contributed by atoms with Gasteiger partial charge < -0.3 is 4.74 Å². The van der Waals surface area contributed by atoms with E-state index >= 15 is 0 Å². The maximum atomic E-state index is 5.56. The Balaban J connectivity index is 2.13. The summed E-state index contributed by atoms with van der Waals surface area (Å²) in [6, 6.07) is 8.34. The van der Waals surface area contributed by atoms with Gasteiger partial charge in [-0.15, -0.1) is 0 Å². The standard InChI is InChI=1S/C11H13BrO/c1-11(6-7-13-11)8-9-4-2-3-5-10(9)12/h2-5H,6-8H2,1H3. The molecule has 1 atom stereocenters. The summed E-state index contributed by atoms with van der Waals surface area (Å²) in [5.41, 5.74) is 1.42. The van der Waals surface area contributed by atoms with Crippen molar-refractivity contribution in [2.24, 2.45) is 0 Å². The average Bonchev–Trinajstić information content (AvgIpc) is 2.06. The van der Waals surface area contributed by atoms with Gasteiger partial charge in [-0.05, 0) is 25.0 Å². The molecule has 1 aliphatic heterocycles. The number of hydrogen-bond acceptors (Lipinski definition) is 1. The molecule has 1 unspecified atom stereocenters. The first kappa shape index (κ1) is 9.22. The SMILES string of the molecule is CC1(Cc2ccccc2Br)CCO1. The lowest BCUT2D eigenvalue weighted by atomic mass is 9.89. The van der Waals surface area contributed by atoms with Crippen LogP contribution in [0.4, 0.5) is 0 Å². The molecule has 1 nitrogen and oxygen atoms in total. The van der Waals surface area contributed by atoms with Gasteiger partial charge in [-0.25, -0.2) is 0 Å². The summed E-state index contributed by atoms with van der Waals surface area (Å²) in [6.45, 7) is 3.09. The van der Waals surface area contributed by atoms with Gasteiger partial charge in [-0.1, -0.05) is 34.1 Å². The van der Waals surface area contributed by atoms with E-state index in [0.717, 1.165) is 13.0 Å². The second kappa shape index (κ2) is 3.43. The molecule has 2 rings (SSSR count). The van der Waals surface area contributed by atoms with E-state index in [9.17, 15) is 0 Å². The third kappa shape index (κ3) is 1.94. The van der Waals surface area contributed by atoms with Crippen LogP contribution in [0, 0.1) is 0 Å². The molecule has 0 amide bonds. The lowest BCUT2D eigenvalue weighted by Crippen LogP contribution is -2.42. The predicted molar refractivity (Wildman–Crippen MR) is 56.8 cm³/mol. The molecule has 0 radical (unpaired) electrons. The van der Waals surface area contributed by atoms with Crippen LogP contribution in [0.5, 0.6) is 0 Å². The average molecular weight is 241 g/mol. The second-order valence-corrected chi connectivity index (χ2v) is 4.67. The molecule has 0 saturated carbocycles. The highest BCUT2D eigenvalue weighted by atomic mass is 79.9. The topological polar surface area (TPSA) is 9.23 Å². The molecule has 13 heavy (non-hydrogen) atoms. The van der Waals surface area contributed by atoms with Gasteiger partial charge in [0.15, 0.2) is 0 Å². The Kier molecular flexibility index (Phi) is 2.43. The lowest BCUT2D eigenvalue weighted by Gasteiger charge is -2.39. The molecule has 1 fully saturated rings. The van der Waals surface area contributed by atoms with Crippen molar-refractivity contribution in [2.45, 2.75) is 25.4 Å². The first-order valence-electron chi connectivity index (χ1n) is 4.57. The molecule has 1 aromatic carbocycles. The summed E-state index contributed by atoms with van der Waals surface area (Å²) in [7, 11) is 0. The smallest absolute Gasteiger partial charge is 0.0717 e. The Bertz CT molecular complexity index is 305. The number of rotatable bonds is 2. The highest BCUT2D eigenvalue weighted by Crippen LogP contribution is 2.31. The molecular formula is C11H13BrO. The zero-order valence-corrected chi connectivity index (χ0v) is 9.30. The van der Waals surface area contributed by atoms with E-state index in [4.69, 9.17) is 4.74 Å². The van der Waals surface area contributed by atoms with Crippen LogP contribution < -0.4 is 0 Å². The van der Waals surface area contributed by atoms with Gasteiger partial charge in [0.05, 0.1) is 12.2 Å². The fourth-order valence-electron chi connectivity index (χ4n) is 1.63. The molecule has 70 valence electrons. The van der Waals surface area contributed by atoms with Crippen molar-refractivity contribution < 1.29 is 4.74 Å². The number of hydrogen-bond donors (Lipinski definition) is 0.